The molecule has 19 heavy (non-hydrogen) atoms. The van der Waals surface area contributed by atoms with Gasteiger partial charge in [0.25, 0.3) is 0 Å². The van der Waals surface area contributed by atoms with Gasteiger partial charge in [-0.15, -0.1) is 0 Å². The first-order chi connectivity index (χ1) is 8.95. The summed E-state index contributed by atoms with van der Waals surface area (Å²) in [7, 11) is 0. The van der Waals surface area contributed by atoms with Crippen molar-refractivity contribution in [2.45, 2.75) is 13.8 Å². The zero-order valence-corrected chi connectivity index (χ0v) is 12.5. The summed E-state index contributed by atoms with van der Waals surface area (Å²) < 4.78 is 0.656. The Morgan fingerprint density at radius 3 is 2.68 bits per heavy atom. The number of hydrogen-bond acceptors (Lipinski definition) is 3. The molecule has 6 heteroatoms. The van der Waals surface area contributed by atoms with Crippen LogP contribution in [0.5, 0.6) is 0 Å². The third-order valence-corrected chi connectivity index (χ3v) is 3.11. The Labute approximate surface area is 120 Å². The van der Waals surface area contributed by atoms with E-state index in [2.05, 4.69) is 26.6 Å². The molecule has 0 radical (unpaired) electrons. The first-order valence-corrected chi connectivity index (χ1v) is 6.79. The van der Waals surface area contributed by atoms with Crippen LogP contribution in [-0.2, 0) is 4.79 Å². The Hall–Kier alpha value is -1.40. The number of aromatic carboxylic acids is 1. The predicted molar refractivity (Wildman–Crippen MR) is 77.4 cm³/mol. The molecule has 1 aromatic rings. The largest absolute Gasteiger partial charge is 0.478 e. The summed E-state index contributed by atoms with van der Waals surface area (Å²) in [5.41, 5.74) is 0.377. The molecular weight excluding hydrogens is 312 g/mol. The molecule has 0 aliphatic rings. The van der Waals surface area contributed by atoms with Crippen LogP contribution in [0.2, 0.25) is 0 Å². The number of amides is 1. The SMILES string of the molecule is CCNCC(C)C(=O)Nc1ccc(Br)cc1C(=O)O. The van der Waals surface area contributed by atoms with Gasteiger partial charge in [0.15, 0.2) is 0 Å². The minimum atomic E-state index is -1.07. The zero-order valence-electron chi connectivity index (χ0n) is 10.9. The molecule has 5 nitrogen and oxygen atoms in total. The molecule has 0 heterocycles. The number of carbonyl (C=O) groups is 2. The highest BCUT2D eigenvalue weighted by Gasteiger charge is 2.16. The molecular formula is C13H17BrN2O3. The van der Waals surface area contributed by atoms with Crippen LogP contribution >= 0.6 is 15.9 Å². The average molecular weight is 329 g/mol. The van der Waals surface area contributed by atoms with E-state index in [1.54, 1.807) is 19.1 Å². The van der Waals surface area contributed by atoms with Crippen molar-refractivity contribution in [3.8, 4) is 0 Å². The van der Waals surface area contributed by atoms with E-state index in [1.807, 2.05) is 6.92 Å². The van der Waals surface area contributed by atoms with Gasteiger partial charge in [0.2, 0.25) is 5.91 Å². The van der Waals surface area contributed by atoms with Crippen LogP contribution in [0.15, 0.2) is 22.7 Å². The van der Waals surface area contributed by atoms with Crippen molar-refractivity contribution >= 4 is 33.5 Å². The molecule has 1 rings (SSSR count). The quantitative estimate of drug-likeness (QED) is 0.748. The fourth-order valence-electron chi connectivity index (χ4n) is 1.51. The number of carbonyl (C=O) groups excluding carboxylic acids is 1. The highest BCUT2D eigenvalue weighted by atomic mass is 79.9. The number of rotatable bonds is 6. The molecule has 0 aromatic heterocycles. The minimum Gasteiger partial charge on any atom is -0.478 e. The van der Waals surface area contributed by atoms with Gasteiger partial charge in [0.1, 0.15) is 0 Å². The summed E-state index contributed by atoms with van der Waals surface area (Å²) in [6.07, 6.45) is 0. The zero-order chi connectivity index (χ0) is 14.4. The molecule has 0 bridgehead atoms. The van der Waals surface area contributed by atoms with Crippen LogP contribution < -0.4 is 10.6 Å². The number of hydrogen-bond donors (Lipinski definition) is 3. The van der Waals surface area contributed by atoms with Crippen LogP contribution in [0.3, 0.4) is 0 Å². The van der Waals surface area contributed by atoms with E-state index in [1.165, 1.54) is 6.07 Å². The van der Waals surface area contributed by atoms with E-state index < -0.39 is 5.97 Å². The predicted octanol–water partition coefficient (Wildman–Crippen LogP) is 2.33. The molecule has 0 fully saturated rings. The van der Waals surface area contributed by atoms with Crippen molar-refractivity contribution in [2.24, 2.45) is 5.92 Å². The maximum absolute atomic E-state index is 11.9. The van der Waals surface area contributed by atoms with Gasteiger partial charge in [-0.1, -0.05) is 29.8 Å². The number of benzene rings is 1. The Bertz CT molecular complexity index is 477. The van der Waals surface area contributed by atoms with E-state index in [-0.39, 0.29) is 17.4 Å². The van der Waals surface area contributed by atoms with Crippen LogP contribution in [0.1, 0.15) is 24.2 Å². The summed E-state index contributed by atoms with van der Waals surface area (Å²) in [4.78, 5) is 23.0. The van der Waals surface area contributed by atoms with Gasteiger partial charge in [-0.3, -0.25) is 4.79 Å². The van der Waals surface area contributed by atoms with Crippen LogP contribution in [0.4, 0.5) is 5.69 Å². The van der Waals surface area contributed by atoms with Crippen LogP contribution in [0.25, 0.3) is 0 Å². The average Bonchev–Trinajstić information content (AvgIpc) is 2.37. The Morgan fingerprint density at radius 2 is 2.11 bits per heavy atom. The third kappa shape index (κ3) is 4.65. The molecule has 1 amide bonds. The van der Waals surface area contributed by atoms with Gasteiger partial charge >= 0.3 is 5.97 Å². The Morgan fingerprint density at radius 1 is 1.42 bits per heavy atom. The lowest BCUT2D eigenvalue weighted by Crippen LogP contribution is -2.30. The lowest BCUT2D eigenvalue weighted by Gasteiger charge is -2.14. The summed E-state index contributed by atoms with van der Waals surface area (Å²) in [6.45, 7) is 5.09. The first-order valence-electron chi connectivity index (χ1n) is 6.00. The molecule has 0 aliphatic heterocycles. The molecule has 1 aromatic carbocycles. The normalized spacial score (nSPS) is 11.9. The van der Waals surface area contributed by atoms with Crippen molar-refractivity contribution in [3.05, 3.63) is 28.2 Å². The monoisotopic (exact) mass is 328 g/mol. The van der Waals surface area contributed by atoms with Crippen molar-refractivity contribution in [2.75, 3.05) is 18.4 Å². The van der Waals surface area contributed by atoms with Gasteiger partial charge in [-0.2, -0.15) is 0 Å². The first kappa shape index (κ1) is 15.7. The van der Waals surface area contributed by atoms with Gasteiger partial charge in [-0.05, 0) is 24.7 Å². The molecule has 104 valence electrons. The summed E-state index contributed by atoms with van der Waals surface area (Å²) in [5.74, 6) is -1.51. The lowest BCUT2D eigenvalue weighted by molar-refractivity contribution is -0.119. The molecule has 0 spiro atoms. The molecule has 1 unspecified atom stereocenters. The standard InChI is InChI=1S/C13H17BrN2O3/c1-3-15-7-8(2)12(17)16-11-5-4-9(14)6-10(11)13(18)19/h4-6,8,15H,3,7H2,1-2H3,(H,16,17)(H,18,19). The second-order valence-corrected chi connectivity index (χ2v) is 5.11. The number of anilines is 1. The highest BCUT2D eigenvalue weighted by Crippen LogP contribution is 2.21. The second-order valence-electron chi connectivity index (χ2n) is 4.19. The van der Waals surface area contributed by atoms with Gasteiger partial charge in [-0.25, -0.2) is 4.79 Å². The fraction of sp³-hybridized carbons (Fsp3) is 0.385. The van der Waals surface area contributed by atoms with E-state index >= 15 is 0 Å². The summed E-state index contributed by atoms with van der Waals surface area (Å²) >= 11 is 3.21. The van der Waals surface area contributed by atoms with Crippen molar-refractivity contribution in [1.29, 1.82) is 0 Å². The molecule has 0 aliphatic carbocycles. The number of carboxylic acids is 1. The topological polar surface area (TPSA) is 78.4 Å². The van der Waals surface area contributed by atoms with Crippen molar-refractivity contribution in [3.63, 3.8) is 0 Å². The maximum Gasteiger partial charge on any atom is 0.337 e. The third-order valence-electron chi connectivity index (χ3n) is 2.62. The second kappa shape index (κ2) is 7.25. The van der Waals surface area contributed by atoms with E-state index in [4.69, 9.17) is 5.11 Å². The van der Waals surface area contributed by atoms with Gasteiger partial charge in [0.05, 0.1) is 11.3 Å². The van der Waals surface area contributed by atoms with Crippen molar-refractivity contribution < 1.29 is 14.7 Å². The van der Waals surface area contributed by atoms with Crippen LogP contribution in [-0.4, -0.2) is 30.1 Å². The molecule has 0 saturated carbocycles. The number of nitrogens with one attached hydrogen (secondary N) is 2. The van der Waals surface area contributed by atoms with Crippen molar-refractivity contribution in [1.82, 2.24) is 5.32 Å². The maximum atomic E-state index is 11.9. The Balaban J connectivity index is 2.81. The molecule has 3 N–H and O–H groups in total. The van der Waals surface area contributed by atoms with Gasteiger partial charge in [0, 0.05) is 16.9 Å². The smallest absolute Gasteiger partial charge is 0.337 e. The number of carboxylic acid groups (broad SMARTS) is 1. The minimum absolute atomic E-state index is 0.0679. The summed E-state index contributed by atoms with van der Waals surface area (Å²) in [5, 5.41) is 14.8. The highest BCUT2D eigenvalue weighted by molar-refractivity contribution is 9.10. The fourth-order valence-corrected chi connectivity index (χ4v) is 1.87. The van der Waals surface area contributed by atoms with E-state index in [0.29, 0.717) is 16.7 Å². The van der Waals surface area contributed by atoms with E-state index in [9.17, 15) is 9.59 Å². The lowest BCUT2D eigenvalue weighted by atomic mass is 10.1. The molecule has 1 atom stereocenters. The summed E-state index contributed by atoms with van der Waals surface area (Å²) in [6, 6.07) is 4.73. The van der Waals surface area contributed by atoms with Gasteiger partial charge < -0.3 is 15.7 Å². The number of halogens is 1. The van der Waals surface area contributed by atoms with Crippen LogP contribution in [0, 0.1) is 5.92 Å². The molecule has 0 saturated heterocycles. The van der Waals surface area contributed by atoms with E-state index in [0.717, 1.165) is 6.54 Å². The Kier molecular flexibility index (Phi) is 5.98.